The van der Waals surface area contributed by atoms with Gasteiger partial charge in [0.2, 0.25) is 0 Å². The maximum absolute atomic E-state index is 5.27. The first-order valence-corrected chi connectivity index (χ1v) is 6.54. The van der Waals surface area contributed by atoms with Crippen LogP contribution < -0.4 is 5.43 Å². The molecule has 1 aliphatic heterocycles. The van der Waals surface area contributed by atoms with Crippen molar-refractivity contribution in [2.24, 2.45) is 0 Å². The predicted molar refractivity (Wildman–Crippen MR) is 69.0 cm³/mol. The fraction of sp³-hybridized carbons (Fsp3) is 0.455. The zero-order valence-corrected chi connectivity index (χ0v) is 10.4. The van der Waals surface area contributed by atoms with Crippen LogP contribution in [0.2, 0.25) is 0 Å². The molecule has 2 heterocycles. The van der Waals surface area contributed by atoms with Gasteiger partial charge in [-0.3, -0.25) is 0 Å². The van der Waals surface area contributed by atoms with Crippen molar-refractivity contribution in [1.29, 1.82) is 0 Å². The van der Waals surface area contributed by atoms with Crippen LogP contribution in [-0.2, 0) is 4.74 Å². The molecule has 0 amide bonds. The lowest BCUT2D eigenvalue weighted by molar-refractivity contribution is 0.0494. The third-order valence-electron chi connectivity index (χ3n) is 2.27. The Balaban J connectivity index is 1.86. The molecule has 1 saturated heterocycles. The van der Waals surface area contributed by atoms with E-state index in [1.165, 1.54) is 0 Å². The lowest BCUT2D eigenvalue weighted by Crippen LogP contribution is -2.40. The fourth-order valence-electron chi connectivity index (χ4n) is 1.44. The largest absolute Gasteiger partial charge is 0.379 e. The Kier molecular flexibility index (Phi) is 4.78. The summed E-state index contributed by atoms with van der Waals surface area (Å²) in [5, 5.41) is 11.3. The van der Waals surface area contributed by atoms with E-state index in [-0.39, 0.29) is 0 Å². The van der Waals surface area contributed by atoms with E-state index in [2.05, 4.69) is 27.2 Å². The fourth-order valence-corrected chi connectivity index (χ4v) is 1.99. The molecule has 0 aliphatic carbocycles. The minimum absolute atomic E-state index is 0.758. The van der Waals surface area contributed by atoms with Crippen LogP contribution >= 0.6 is 11.8 Å². The van der Waals surface area contributed by atoms with Gasteiger partial charge >= 0.3 is 0 Å². The van der Waals surface area contributed by atoms with Crippen LogP contribution in [0.1, 0.15) is 0 Å². The van der Waals surface area contributed by atoms with Crippen LogP contribution in [0.3, 0.4) is 0 Å². The number of rotatable bonds is 5. The zero-order valence-electron chi connectivity index (χ0n) is 9.63. The SMILES string of the molecule is C=CCSc1ccc(NN2CCOCC2)nn1. The zero-order chi connectivity index (χ0) is 11.9. The highest BCUT2D eigenvalue weighted by atomic mass is 32.2. The first-order valence-electron chi connectivity index (χ1n) is 5.55. The van der Waals surface area contributed by atoms with Crippen LogP contribution in [0, 0.1) is 0 Å². The van der Waals surface area contributed by atoms with Gasteiger partial charge in [0.25, 0.3) is 0 Å². The van der Waals surface area contributed by atoms with E-state index in [1.807, 2.05) is 18.2 Å². The van der Waals surface area contributed by atoms with Gasteiger partial charge in [0, 0.05) is 18.8 Å². The van der Waals surface area contributed by atoms with Crippen LogP contribution in [0.15, 0.2) is 29.8 Å². The molecule has 0 spiro atoms. The van der Waals surface area contributed by atoms with Gasteiger partial charge in [0.1, 0.15) is 5.03 Å². The molecule has 1 aromatic rings. The highest BCUT2D eigenvalue weighted by molar-refractivity contribution is 7.99. The van der Waals surface area contributed by atoms with Crippen molar-refractivity contribution in [2.45, 2.75) is 5.03 Å². The van der Waals surface area contributed by atoms with Crippen molar-refractivity contribution in [3.05, 3.63) is 24.8 Å². The summed E-state index contributed by atoms with van der Waals surface area (Å²) in [6.45, 7) is 6.93. The Labute approximate surface area is 105 Å². The van der Waals surface area contributed by atoms with Crippen molar-refractivity contribution >= 4 is 17.6 Å². The van der Waals surface area contributed by atoms with Crippen LogP contribution in [0.25, 0.3) is 0 Å². The van der Waals surface area contributed by atoms with Crippen LogP contribution in [0.4, 0.5) is 5.82 Å². The molecule has 0 aromatic carbocycles. The molecule has 17 heavy (non-hydrogen) atoms. The van der Waals surface area contributed by atoms with Gasteiger partial charge in [-0.05, 0) is 12.1 Å². The van der Waals surface area contributed by atoms with Gasteiger partial charge in [0.15, 0.2) is 5.82 Å². The topological polar surface area (TPSA) is 50.3 Å². The number of nitrogens with one attached hydrogen (secondary N) is 1. The average Bonchev–Trinajstić information content (AvgIpc) is 2.39. The summed E-state index contributed by atoms with van der Waals surface area (Å²) < 4.78 is 5.27. The van der Waals surface area contributed by atoms with Crippen molar-refractivity contribution < 1.29 is 4.74 Å². The minimum atomic E-state index is 0.758. The number of ether oxygens (including phenoxy) is 1. The molecule has 1 aromatic heterocycles. The normalized spacial score (nSPS) is 16.7. The number of hydrogen-bond acceptors (Lipinski definition) is 6. The van der Waals surface area contributed by atoms with Gasteiger partial charge in [-0.15, -0.1) is 28.5 Å². The lowest BCUT2D eigenvalue weighted by Gasteiger charge is -2.27. The molecular formula is C11H16N4OS. The van der Waals surface area contributed by atoms with E-state index in [0.717, 1.165) is 42.9 Å². The Morgan fingerprint density at radius 2 is 2.24 bits per heavy atom. The second-order valence-electron chi connectivity index (χ2n) is 3.57. The second-order valence-corrected chi connectivity index (χ2v) is 4.61. The lowest BCUT2D eigenvalue weighted by atomic mass is 10.5. The van der Waals surface area contributed by atoms with Crippen LogP contribution in [-0.4, -0.2) is 47.3 Å². The highest BCUT2D eigenvalue weighted by Crippen LogP contribution is 2.15. The summed E-state index contributed by atoms with van der Waals surface area (Å²) in [6, 6.07) is 3.90. The molecule has 2 rings (SSSR count). The summed E-state index contributed by atoms with van der Waals surface area (Å²) in [4.78, 5) is 0. The van der Waals surface area contributed by atoms with E-state index in [4.69, 9.17) is 4.74 Å². The quantitative estimate of drug-likeness (QED) is 0.632. The van der Waals surface area contributed by atoms with Gasteiger partial charge in [-0.1, -0.05) is 6.08 Å². The summed E-state index contributed by atoms with van der Waals surface area (Å²) in [5.41, 5.74) is 3.21. The van der Waals surface area contributed by atoms with Gasteiger partial charge < -0.3 is 10.2 Å². The smallest absolute Gasteiger partial charge is 0.163 e. The van der Waals surface area contributed by atoms with E-state index in [1.54, 1.807) is 11.8 Å². The summed E-state index contributed by atoms with van der Waals surface area (Å²) in [6.07, 6.45) is 1.85. The average molecular weight is 252 g/mol. The van der Waals surface area contributed by atoms with E-state index < -0.39 is 0 Å². The molecule has 0 radical (unpaired) electrons. The molecular weight excluding hydrogens is 236 g/mol. The standard InChI is InChI=1S/C11H16N4OS/c1-2-9-17-11-4-3-10(12-13-11)14-15-5-7-16-8-6-15/h2-4H,1,5-9H2,(H,12,14). The van der Waals surface area contributed by atoms with Crippen molar-refractivity contribution in [1.82, 2.24) is 15.2 Å². The monoisotopic (exact) mass is 252 g/mol. The highest BCUT2D eigenvalue weighted by Gasteiger charge is 2.10. The number of thioether (sulfide) groups is 1. The molecule has 0 bridgehead atoms. The van der Waals surface area contributed by atoms with E-state index in [0.29, 0.717) is 0 Å². The summed E-state index contributed by atoms with van der Waals surface area (Å²) in [5.74, 6) is 1.63. The number of morpholine rings is 1. The Morgan fingerprint density at radius 3 is 2.88 bits per heavy atom. The van der Waals surface area contributed by atoms with Crippen molar-refractivity contribution in [2.75, 3.05) is 37.5 Å². The number of anilines is 1. The first-order chi connectivity index (χ1) is 8.38. The number of aromatic nitrogens is 2. The molecule has 0 unspecified atom stereocenters. The third kappa shape index (κ3) is 3.99. The van der Waals surface area contributed by atoms with Gasteiger partial charge in [-0.25, -0.2) is 5.01 Å². The van der Waals surface area contributed by atoms with Crippen LogP contribution in [0.5, 0.6) is 0 Å². The number of nitrogens with zero attached hydrogens (tertiary/aromatic N) is 3. The molecule has 0 atom stereocenters. The molecule has 5 nitrogen and oxygen atoms in total. The Hall–Kier alpha value is -1.11. The third-order valence-corrected chi connectivity index (χ3v) is 3.19. The number of hydrazine groups is 1. The predicted octanol–water partition coefficient (Wildman–Crippen LogP) is 1.41. The number of hydrogen-bond donors (Lipinski definition) is 1. The first kappa shape index (κ1) is 12.3. The molecule has 6 heteroatoms. The second kappa shape index (κ2) is 6.58. The molecule has 1 N–H and O–H groups in total. The Bertz CT molecular complexity index is 351. The van der Waals surface area contributed by atoms with Gasteiger partial charge in [-0.2, -0.15) is 0 Å². The Morgan fingerprint density at radius 1 is 1.41 bits per heavy atom. The summed E-state index contributed by atoms with van der Waals surface area (Å²) >= 11 is 1.62. The van der Waals surface area contributed by atoms with Crippen molar-refractivity contribution in [3.63, 3.8) is 0 Å². The summed E-state index contributed by atoms with van der Waals surface area (Å²) in [7, 11) is 0. The maximum Gasteiger partial charge on any atom is 0.163 e. The molecule has 1 aliphatic rings. The minimum Gasteiger partial charge on any atom is -0.379 e. The molecule has 0 saturated carbocycles. The van der Waals surface area contributed by atoms with Gasteiger partial charge in [0.05, 0.1) is 13.2 Å². The van der Waals surface area contributed by atoms with E-state index >= 15 is 0 Å². The molecule has 92 valence electrons. The maximum atomic E-state index is 5.27. The van der Waals surface area contributed by atoms with Crippen molar-refractivity contribution in [3.8, 4) is 0 Å². The molecule has 1 fully saturated rings. The van der Waals surface area contributed by atoms with E-state index in [9.17, 15) is 0 Å².